The molecular formula is C20H24ClNO3. The van der Waals surface area contributed by atoms with E-state index in [2.05, 4.69) is 29.2 Å². The van der Waals surface area contributed by atoms with Crippen LogP contribution in [0.5, 0.6) is 5.75 Å². The maximum absolute atomic E-state index is 11.4. The van der Waals surface area contributed by atoms with E-state index in [0.717, 1.165) is 38.0 Å². The molecule has 0 spiro atoms. The molecule has 2 aromatic rings. The Morgan fingerprint density at radius 3 is 2.40 bits per heavy atom. The number of methoxy groups -OCH3 is 1. The molecule has 3 rings (SSSR count). The number of carboxylic acid groups (broad SMARTS) is 1. The van der Waals surface area contributed by atoms with Crippen molar-refractivity contribution in [3.8, 4) is 5.75 Å². The Bertz CT molecular complexity index is 697. The number of halogens is 1. The van der Waals surface area contributed by atoms with Crippen molar-refractivity contribution in [1.29, 1.82) is 0 Å². The lowest BCUT2D eigenvalue weighted by atomic mass is 9.87. The highest BCUT2D eigenvalue weighted by molar-refractivity contribution is 5.91. The predicted molar refractivity (Wildman–Crippen MR) is 101 cm³/mol. The summed E-state index contributed by atoms with van der Waals surface area (Å²) in [5, 5.41) is 9.34. The van der Waals surface area contributed by atoms with Crippen molar-refractivity contribution < 1.29 is 14.6 Å². The van der Waals surface area contributed by atoms with Crippen LogP contribution in [0.2, 0.25) is 0 Å². The number of para-hydroxylation sites is 1. The van der Waals surface area contributed by atoms with Crippen LogP contribution in [-0.4, -0.2) is 36.2 Å². The summed E-state index contributed by atoms with van der Waals surface area (Å²) in [6.45, 7) is 3.00. The van der Waals surface area contributed by atoms with Crippen molar-refractivity contribution in [3.05, 3.63) is 65.2 Å². The minimum Gasteiger partial charge on any atom is -0.496 e. The third-order valence-corrected chi connectivity index (χ3v) is 4.76. The summed E-state index contributed by atoms with van der Waals surface area (Å²) >= 11 is 0. The van der Waals surface area contributed by atoms with Gasteiger partial charge in [-0.05, 0) is 49.0 Å². The lowest BCUT2D eigenvalue weighted by molar-refractivity contribution is 0.0693. The minimum atomic E-state index is -0.935. The van der Waals surface area contributed by atoms with Gasteiger partial charge in [0.2, 0.25) is 0 Å². The average molecular weight is 362 g/mol. The number of piperidine rings is 1. The van der Waals surface area contributed by atoms with Gasteiger partial charge in [-0.2, -0.15) is 0 Å². The molecule has 134 valence electrons. The number of rotatable bonds is 5. The fourth-order valence-corrected chi connectivity index (χ4v) is 3.52. The lowest BCUT2D eigenvalue weighted by Gasteiger charge is -2.33. The first-order valence-corrected chi connectivity index (χ1v) is 8.35. The van der Waals surface area contributed by atoms with Gasteiger partial charge in [0.25, 0.3) is 0 Å². The van der Waals surface area contributed by atoms with Crippen LogP contribution >= 0.6 is 12.4 Å². The maximum Gasteiger partial charge on any atom is 0.339 e. The first-order chi connectivity index (χ1) is 11.7. The Balaban J connectivity index is 0.00000225. The van der Waals surface area contributed by atoms with Crippen LogP contribution in [0.4, 0.5) is 0 Å². The van der Waals surface area contributed by atoms with Crippen molar-refractivity contribution in [2.45, 2.75) is 25.3 Å². The smallest absolute Gasteiger partial charge is 0.339 e. The van der Waals surface area contributed by atoms with Crippen LogP contribution in [-0.2, 0) is 6.54 Å². The number of benzene rings is 2. The van der Waals surface area contributed by atoms with Crippen LogP contribution < -0.4 is 4.74 Å². The molecule has 1 saturated heterocycles. The number of carboxylic acids is 1. The molecule has 0 aromatic heterocycles. The van der Waals surface area contributed by atoms with Crippen LogP contribution in [0.3, 0.4) is 0 Å². The Morgan fingerprint density at radius 1 is 1.12 bits per heavy atom. The Morgan fingerprint density at radius 2 is 1.80 bits per heavy atom. The van der Waals surface area contributed by atoms with E-state index in [-0.39, 0.29) is 18.0 Å². The van der Waals surface area contributed by atoms with Gasteiger partial charge in [-0.3, -0.25) is 4.90 Å². The maximum atomic E-state index is 11.4. The van der Waals surface area contributed by atoms with Gasteiger partial charge >= 0.3 is 5.97 Å². The van der Waals surface area contributed by atoms with Crippen LogP contribution in [0, 0.1) is 0 Å². The molecular weight excluding hydrogens is 338 g/mol. The molecule has 0 atom stereocenters. The number of likely N-dealkylation sites (tertiary alicyclic amines) is 1. The molecule has 0 amide bonds. The van der Waals surface area contributed by atoms with Gasteiger partial charge in [-0.1, -0.05) is 42.5 Å². The van der Waals surface area contributed by atoms with Gasteiger partial charge in [-0.15, -0.1) is 12.4 Å². The summed E-state index contributed by atoms with van der Waals surface area (Å²) in [4.78, 5) is 13.8. The van der Waals surface area contributed by atoms with Crippen LogP contribution in [0.15, 0.2) is 48.5 Å². The normalized spacial score (nSPS) is 15.4. The third-order valence-electron chi connectivity index (χ3n) is 4.76. The second-order valence-electron chi connectivity index (χ2n) is 6.27. The molecule has 0 bridgehead atoms. The van der Waals surface area contributed by atoms with Crippen molar-refractivity contribution in [1.82, 2.24) is 4.90 Å². The largest absolute Gasteiger partial charge is 0.496 e. The molecule has 4 nitrogen and oxygen atoms in total. The number of hydrogen-bond donors (Lipinski definition) is 1. The van der Waals surface area contributed by atoms with Crippen molar-refractivity contribution in [3.63, 3.8) is 0 Å². The molecule has 1 heterocycles. The molecule has 1 aliphatic rings. The molecule has 0 saturated carbocycles. The van der Waals surface area contributed by atoms with Gasteiger partial charge in [0.1, 0.15) is 11.3 Å². The molecule has 1 fully saturated rings. The summed E-state index contributed by atoms with van der Waals surface area (Å²) in [6, 6.07) is 15.9. The minimum absolute atomic E-state index is 0. The second-order valence-corrected chi connectivity index (χ2v) is 6.27. The van der Waals surface area contributed by atoms with E-state index in [4.69, 9.17) is 4.74 Å². The fourth-order valence-electron chi connectivity index (χ4n) is 3.52. The Kier molecular flexibility index (Phi) is 6.85. The molecule has 2 aromatic carbocycles. The molecule has 0 aliphatic carbocycles. The Labute approximate surface area is 154 Å². The van der Waals surface area contributed by atoms with Crippen molar-refractivity contribution in [2.75, 3.05) is 20.2 Å². The van der Waals surface area contributed by atoms with E-state index >= 15 is 0 Å². The zero-order valence-electron chi connectivity index (χ0n) is 14.4. The van der Waals surface area contributed by atoms with Crippen LogP contribution in [0.1, 0.15) is 40.2 Å². The highest BCUT2D eigenvalue weighted by Gasteiger charge is 2.25. The lowest BCUT2D eigenvalue weighted by Crippen LogP contribution is -2.32. The van der Waals surface area contributed by atoms with Gasteiger partial charge in [0.05, 0.1) is 7.11 Å². The van der Waals surface area contributed by atoms with Gasteiger partial charge < -0.3 is 9.84 Å². The Hall–Kier alpha value is -2.04. The number of carbonyl (C=O) groups is 1. The summed E-state index contributed by atoms with van der Waals surface area (Å²) in [7, 11) is 1.55. The zero-order valence-corrected chi connectivity index (χ0v) is 15.2. The summed E-state index contributed by atoms with van der Waals surface area (Å²) in [5.74, 6) is -0.0620. The monoisotopic (exact) mass is 361 g/mol. The number of nitrogens with zero attached hydrogens (tertiary/aromatic N) is 1. The van der Waals surface area contributed by atoms with E-state index in [1.807, 2.05) is 18.2 Å². The van der Waals surface area contributed by atoms with Crippen molar-refractivity contribution in [2.24, 2.45) is 0 Å². The topological polar surface area (TPSA) is 49.8 Å². The standard InChI is InChI=1S/C20H23NO3.ClH/c1-24-19-17(8-5-9-18(19)20(22)23)16-10-12-21(13-11-16)14-15-6-3-2-4-7-15;/h2-9,16H,10-14H2,1H3,(H,22,23);1H. The van der Waals surface area contributed by atoms with Crippen LogP contribution in [0.25, 0.3) is 0 Å². The molecule has 0 radical (unpaired) electrons. The summed E-state index contributed by atoms with van der Waals surface area (Å²) in [5.41, 5.74) is 2.61. The summed E-state index contributed by atoms with van der Waals surface area (Å²) in [6.07, 6.45) is 2.04. The van der Waals surface area contributed by atoms with E-state index < -0.39 is 5.97 Å². The number of ether oxygens (including phenoxy) is 1. The van der Waals surface area contributed by atoms with E-state index in [0.29, 0.717) is 11.7 Å². The van der Waals surface area contributed by atoms with Crippen molar-refractivity contribution >= 4 is 18.4 Å². The molecule has 5 heteroatoms. The van der Waals surface area contributed by atoms with Gasteiger partial charge in [0, 0.05) is 6.54 Å². The molecule has 1 N–H and O–H groups in total. The van der Waals surface area contributed by atoms with Gasteiger partial charge in [-0.25, -0.2) is 4.79 Å². The first-order valence-electron chi connectivity index (χ1n) is 8.35. The summed E-state index contributed by atoms with van der Waals surface area (Å²) < 4.78 is 5.42. The number of aromatic carboxylic acids is 1. The van der Waals surface area contributed by atoms with Gasteiger partial charge in [0.15, 0.2) is 0 Å². The molecule has 1 aliphatic heterocycles. The highest BCUT2D eigenvalue weighted by atomic mass is 35.5. The molecule has 0 unspecified atom stereocenters. The fraction of sp³-hybridized carbons (Fsp3) is 0.350. The number of hydrogen-bond acceptors (Lipinski definition) is 3. The second kappa shape index (κ2) is 8.88. The average Bonchev–Trinajstić information content (AvgIpc) is 2.62. The zero-order chi connectivity index (χ0) is 16.9. The first kappa shape index (κ1) is 19.3. The van der Waals surface area contributed by atoms with E-state index in [1.165, 1.54) is 5.56 Å². The molecule has 25 heavy (non-hydrogen) atoms. The quantitative estimate of drug-likeness (QED) is 0.867. The predicted octanol–water partition coefficient (Wildman–Crippen LogP) is 4.19. The SMILES string of the molecule is COc1c(C(=O)O)cccc1C1CCN(Cc2ccccc2)CC1.Cl. The van der Waals surface area contributed by atoms with E-state index in [9.17, 15) is 9.90 Å². The van der Waals surface area contributed by atoms with E-state index in [1.54, 1.807) is 13.2 Å². The highest BCUT2D eigenvalue weighted by Crippen LogP contribution is 2.36. The third kappa shape index (κ3) is 4.53.